The summed E-state index contributed by atoms with van der Waals surface area (Å²) in [6.07, 6.45) is 7.13. The molecule has 1 N–H and O–H groups in total. The zero-order chi connectivity index (χ0) is 12.0. The van der Waals surface area contributed by atoms with Gasteiger partial charge in [0.25, 0.3) is 0 Å². The minimum Gasteiger partial charge on any atom is -0.349 e. The average molecular weight is 264 g/mol. The van der Waals surface area contributed by atoms with Crippen LogP contribution in [0.1, 0.15) is 39.0 Å². The number of amides is 1. The normalized spacial score (nSPS) is 30.1. The molecule has 2 atom stereocenters. The fourth-order valence-corrected chi connectivity index (χ4v) is 3.18. The van der Waals surface area contributed by atoms with E-state index in [1.54, 1.807) is 11.8 Å². The summed E-state index contributed by atoms with van der Waals surface area (Å²) in [7, 11) is 0. The Bertz CT molecular complexity index is 237. The van der Waals surface area contributed by atoms with E-state index in [0.717, 1.165) is 18.6 Å². The minimum atomic E-state index is -0.130. The lowest BCUT2D eigenvalue weighted by Crippen LogP contribution is -2.52. The maximum Gasteiger partial charge on any atom is 0.221 e. The largest absolute Gasteiger partial charge is 0.349 e. The highest BCUT2D eigenvalue weighted by atomic mass is 35.5. The molecule has 94 valence electrons. The Hall–Kier alpha value is 0.110. The monoisotopic (exact) mass is 263 g/mol. The number of rotatable bonds is 5. The molecule has 16 heavy (non-hydrogen) atoms. The van der Waals surface area contributed by atoms with Crippen LogP contribution in [-0.2, 0) is 4.79 Å². The summed E-state index contributed by atoms with van der Waals surface area (Å²) < 4.78 is 0. The Morgan fingerprint density at radius 1 is 1.62 bits per heavy atom. The second-order valence-electron chi connectivity index (χ2n) is 4.91. The predicted octanol–water partition coefficient (Wildman–Crippen LogP) is 3.04. The van der Waals surface area contributed by atoms with E-state index < -0.39 is 0 Å². The molecule has 0 spiro atoms. The summed E-state index contributed by atoms with van der Waals surface area (Å²) in [5.74, 6) is 2.26. The lowest BCUT2D eigenvalue weighted by Gasteiger charge is -2.39. The van der Waals surface area contributed by atoms with Gasteiger partial charge in [-0.05, 0) is 25.0 Å². The van der Waals surface area contributed by atoms with E-state index in [-0.39, 0.29) is 11.4 Å². The first kappa shape index (κ1) is 14.2. The van der Waals surface area contributed by atoms with Crippen molar-refractivity contribution < 1.29 is 4.79 Å². The van der Waals surface area contributed by atoms with Crippen molar-refractivity contribution in [3.63, 3.8) is 0 Å². The molecule has 1 saturated carbocycles. The van der Waals surface area contributed by atoms with E-state index >= 15 is 0 Å². The lowest BCUT2D eigenvalue weighted by atomic mass is 9.77. The molecule has 1 amide bonds. The average Bonchev–Trinajstić information content (AvgIpc) is 2.26. The zero-order valence-corrected chi connectivity index (χ0v) is 11.8. The summed E-state index contributed by atoms with van der Waals surface area (Å²) in [4.78, 5) is 11.8. The van der Waals surface area contributed by atoms with Crippen LogP contribution in [0.15, 0.2) is 0 Å². The molecule has 2 unspecified atom stereocenters. The summed E-state index contributed by atoms with van der Waals surface area (Å²) in [5.41, 5.74) is -0.130. The predicted molar refractivity (Wildman–Crippen MR) is 72.2 cm³/mol. The number of hydrogen-bond donors (Lipinski definition) is 1. The van der Waals surface area contributed by atoms with Crippen LogP contribution in [-0.4, -0.2) is 29.3 Å². The van der Waals surface area contributed by atoms with Crippen LogP contribution in [0.2, 0.25) is 0 Å². The molecule has 0 aromatic carbocycles. The summed E-state index contributed by atoms with van der Waals surface area (Å²) in [5, 5.41) is 3.16. The topological polar surface area (TPSA) is 29.1 Å². The second kappa shape index (κ2) is 6.75. The molecule has 1 fully saturated rings. The Labute approximate surface area is 108 Å². The van der Waals surface area contributed by atoms with Crippen LogP contribution in [0.25, 0.3) is 0 Å². The maximum atomic E-state index is 11.8. The zero-order valence-electron chi connectivity index (χ0n) is 10.2. The first-order chi connectivity index (χ1) is 7.62. The van der Waals surface area contributed by atoms with Crippen LogP contribution >= 0.6 is 23.4 Å². The molecule has 1 rings (SSSR count). The molecule has 1 aliphatic carbocycles. The fraction of sp³-hybridized carbons (Fsp3) is 0.917. The molecule has 4 heteroatoms. The lowest BCUT2D eigenvalue weighted by molar-refractivity contribution is -0.122. The van der Waals surface area contributed by atoms with Gasteiger partial charge in [0.05, 0.1) is 5.54 Å². The molecule has 0 saturated heterocycles. The SMILES string of the molecule is CSCCC(=O)NC1(CCl)CCCC(C)C1. The number of nitrogens with one attached hydrogen (secondary N) is 1. The maximum absolute atomic E-state index is 11.8. The van der Waals surface area contributed by atoms with Gasteiger partial charge in [0.15, 0.2) is 0 Å². The van der Waals surface area contributed by atoms with E-state index in [9.17, 15) is 4.79 Å². The van der Waals surface area contributed by atoms with E-state index in [0.29, 0.717) is 18.2 Å². The fourth-order valence-electron chi connectivity index (χ4n) is 2.48. The first-order valence-corrected chi connectivity index (χ1v) is 7.90. The van der Waals surface area contributed by atoms with Gasteiger partial charge >= 0.3 is 0 Å². The molecule has 0 aliphatic heterocycles. The highest BCUT2D eigenvalue weighted by Gasteiger charge is 2.35. The summed E-state index contributed by atoms with van der Waals surface area (Å²) >= 11 is 7.77. The third kappa shape index (κ3) is 4.17. The van der Waals surface area contributed by atoms with Crippen LogP contribution in [0.5, 0.6) is 0 Å². The van der Waals surface area contributed by atoms with Gasteiger partial charge in [-0.3, -0.25) is 4.79 Å². The van der Waals surface area contributed by atoms with Gasteiger partial charge < -0.3 is 5.32 Å². The third-order valence-electron chi connectivity index (χ3n) is 3.29. The third-order valence-corrected chi connectivity index (χ3v) is 4.41. The van der Waals surface area contributed by atoms with Gasteiger partial charge in [0.2, 0.25) is 5.91 Å². The molecule has 1 aliphatic rings. The number of hydrogen-bond acceptors (Lipinski definition) is 2. The van der Waals surface area contributed by atoms with E-state index in [4.69, 9.17) is 11.6 Å². The van der Waals surface area contributed by atoms with Gasteiger partial charge in [0.1, 0.15) is 0 Å². The highest BCUT2D eigenvalue weighted by molar-refractivity contribution is 7.98. The molecular formula is C12H22ClNOS. The molecule has 0 bridgehead atoms. The van der Waals surface area contributed by atoms with Crippen molar-refractivity contribution in [2.75, 3.05) is 17.9 Å². The van der Waals surface area contributed by atoms with Crippen molar-refractivity contribution in [3.05, 3.63) is 0 Å². The van der Waals surface area contributed by atoms with Gasteiger partial charge in [-0.2, -0.15) is 11.8 Å². The van der Waals surface area contributed by atoms with Crippen molar-refractivity contribution in [1.29, 1.82) is 0 Å². The Morgan fingerprint density at radius 3 is 2.94 bits per heavy atom. The van der Waals surface area contributed by atoms with Crippen LogP contribution in [0, 0.1) is 5.92 Å². The van der Waals surface area contributed by atoms with Crippen LogP contribution < -0.4 is 5.32 Å². The number of alkyl halides is 1. The highest BCUT2D eigenvalue weighted by Crippen LogP contribution is 2.33. The van der Waals surface area contributed by atoms with Crippen molar-refractivity contribution >= 4 is 29.3 Å². The van der Waals surface area contributed by atoms with E-state index in [1.165, 1.54) is 12.8 Å². The Kier molecular flexibility index (Phi) is 5.98. The first-order valence-electron chi connectivity index (χ1n) is 5.98. The van der Waals surface area contributed by atoms with Gasteiger partial charge in [-0.15, -0.1) is 11.6 Å². The molecule has 0 heterocycles. The molecule has 2 nitrogen and oxygen atoms in total. The summed E-state index contributed by atoms with van der Waals surface area (Å²) in [6.45, 7) is 2.24. The molecule has 0 aromatic rings. The van der Waals surface area contributed by atoms with E-state index in [1.807, 2.05) is 6.26 Å². The quantitative estimate of drug-likeness (QED) is 0.773. The van der Waals surface area contributed by atoms with Crippen molar-refractivity contribution in [1.82, 2.24) is 5.32 Å². The summed E-state index contributed by atoms with van der Waals surface area (Å²) in [6, 6.07) is 0. The minimum absolute atomic E-state index is 0.130. The Morgan fingerprint density at radius 2 is 2.38 bits per heavy atom. The Balaban J connectivity index is 2.49. The standard InChI is InChI=1S/C12H22ClNOS/c1-10-4-3-6-12(8-10,9-13)14-11(15)5-7-16-2/h10H,3-9H2,1-2H3,(H,14,15). The number of carbonyl (C=O) groups excluding carboxylic acids is 1. The number of halogens is 1. The number of thioether (sulfide) groups is 1. The van der Waals surface area contributed by atoms with Crippen LogP contribution in [0.3, 0.4) is 0 Å². The van der Waals surface area contributed by atoms with Gasteiger partial charge in [-0.25, -0.2) is 0 Å². The number of carbonyl (C=O) groups is 1. The molecule has 0 aromatic heterocycles. The molecule has 0 radical (unpaired) electrons. The van der Waals surface area contributed by atoms with Crippen molar-refractivity contribution in [2.45, 2.75) is 44.6 Å². The van der Waals surface area contributed by atoms with Crippen molar-refractivity contribution in [3.8, 4) is 0 Å². The second-order valence-corrected chi connectivity index (χ2v) is 6.16. The van der Waals surface area contributed by atoms with Gasteiger partial charge in [-0.1, -0.05) is 19.8 Å². The van der Waals surface area contributed by atoms with Crippen molar-refractivity contribution in [2.24, 2.45) is 5.92 Å². The van der Waals surface area contributed by atoms with Crippen LogP contribution in [0.4, 0.5) is 0 Å². The molecular weight excluding hydrogens is 242 g/mol. The van der Waals surface area contributed by atoms with Gasteiger partial charge in [0, 0.05) is 18.1 Å². The van der Waals surface area contributed by atoms with E-state index in [2.05, 4.69) is 12.2 Å². The smallest absolute Gasteiger partial charge is 0.221 e.